The molecule has 5 atom stereocenters. The van der Waals surface area contributed by atoms with Crippen LogP contribution in [0.3, 0.4) is 0 Å². The van der Waals surface area contributed by atoms with E-state index in [1.54, 1.807) is 0 Å². The molecule has 0 aromatic carbocycles. The van der Waals surface area contributed by atoms with Crippen LogP contribution >= 0.6 is 11.8 Å². The third kappa shape index (κ3) is 2.80. The first-order valence-corrected chi connectivity index (χ1v) is 7.15. The van der Waals surface area contributed by atoms with Crippen LogP contribution in [0.1, 0.15) is 19.8 Å². The van der Waals surface area contributed by atoms with Crippen molar-refractivity contribution in [3.05, 3.63) is 0 Å². The van der Waals surface area contributed by atoms with Crippen LogP contribution in [0.25, 0.3) is 0 Å². The van der Waals surface area contributed by atoms with Crippen LogP contribution < -0.4 is 0 Å². The van der Waals surface area contributed by atoms with Crippen LogP contribution in [0.2, 0.25) is 0 Å². The van der Waals surface area contributed by atoms with E-state index in [1.807, 2.05) is 0 Å². The van der Waals surface area contributed by atoms with Gasteiger partial charge in [-0.3, -0.25) is 0 Å². The van der Waals surface area contributed by atoms with E-state index in [1.165, 1.54) is 11.8 Å². The fraction of sp³-hybridized carbons (Fsp3) is 0.909. The molecule has 3 N–H and O–H groups in total. The lowest BCUT2D eigenvalue weighted by Crippen LogP contribution is -2.57. The molecule has 2 aliphatic rings. The normalized spacial score (nSPS) is 39.1. The predicted octanol–water partition coefficient (Wildman–Crippen LogP) is -0.287. The maximum absolute atomic E-state index is 9.89. The number of nitrogens with zero attached hydrogens (tertiary/aromatic N) is 1. The third-order valence-corrected chi connectivity index (χ3v) is 3.98. The van der Waals surface area contributed by atoms with E-state index in [9.17, 15) is 10.2 Å². The van der Waals surface area contributed by atoms with Crippen LogP contribution in [-0.2, 0) is 9.47 Å². The maximum atomic E-state index is 9.89. The quantitative estimate of drug-likeness (QED) is 0.612. The highest BCUT2D eigenvalue weighted by atomic mass is 32.2. The van der Waals surface area contributed by atoms with Gasteiger partial charge >= 0.3 is 0 Å². The van der Waals surface area contributed by atoms with Gasteiger partial charge < -0.3 is 24.8 Å². The van der Waals surface area contributed by atoms with Gasteiger partial charge in [0.25, 0.3) is 0 Å². The Morgan fingerprint density at radius 2 is 2.11 bits per heavy atom. The standard InChI is InChI=1S/C11H19NO5S/c1-2-3-4-18-11-12-10-9(17-11)8(15)7(14)6(5-13)16-10/h6-10,13-15H,2-5H2,1H3/t6-,7-,8+,9-,10+/m1/s1. The highest BCUT2D eigenvalue weighted by Crippen LogP contribution is 2.31. The minimum Gasteiger partial charge on any atom is -0.462 e. The minimum absolute atomic E-state index is 0.352. The summed E-state index contributed by atoms with van der Waals surface area (Å²) in [6, 6.07) is 0. The highest BCUT2D eigenvalue weighted by Gasteiger charge is 2.49. The van der Waals surface area contributed by atoms with Crippen LogP contribution in [0.5, 0.6) is 0 Å². The van der Waals surface area contributed by atoms with Gasteiger partial charge in [-0.15, -0.1) is 0 Å². The van der Waals surface area contributed by atoms with Gasteiger partial charge in [0.15, 0.2) is 12.3 Å². The fourth-order valence-corrected chi connectivity index (χ4v) is 2.89. The molecule has 7 heteroatoms. The zero-order valence-corrected chi connectivity index (χ0v) is 11.0. The summed E-state index contributed by atoms with van der Waals surface area (Å²) in [5.41, 5.74) is 0. The van der Waals surface area contributed by atoms with E-state index >= 15 is 0 Å². The number of aliphatic hydroxyl groups is 3. The van der Waals surface area contributed by atoms with Crippen LogP contribution in [0.4, 0.5) is 0 Å². The lowest BCUT2D eigenvalue weighted by molar-refractivity contribution is -0.213. The summed E-state index contributed by atoms with van der Waals surface area (Å²) in [5, 5.41) is 29.1. The van der Waals surface area contributed by atoms with Crippen LogP contribution in [0, 0.1) is 0 Å². The molecule has 0 radical (unpaired) electrons. The second-order valence-electron chi connectivity index (χ2n) is 4.41. The Kier molecular flexibility index (Phi) is 4.85. The lowest BCUT2D eigenvalue weighted by Gasteiger charge is -2.36. The van der Waals surface area contributed by atoms with Crippen molar-refractivity contribution < 1.29 is 24.8 Å². The van der Waals surface area contributed by atoms with E-state index in [2.05, 4.69) is 11.9 Å². The molecular weight excluding hydrogens is 258 g/mol. The fourth-order valence-electron chi connectivity index (χ4n) is 1.93. The molecule has 6 nitrogen and oxygen atoms in total. The number of hydrogen-bond acceptors (Lipinski definition) is 7. The van der Waals surface area contributed by atoms with Crippen molar-refractivity contribution in [2.24, 2.45) is 4.99 Å². The molecule has 104 valence electrons. The molecular formula is C11H19NO5S. The topological polar surface area (TPSA) is 91.5 Å². The summed E-state index contributed by atoms with van der Waals surface area (Å²) in [7, 11) is 0. The second kappa shape index (κ2) is 6.21. The van der Waals surface area contributed by atoms with E-state index < -0.39 is 30.6 Å². The molecule has 0 amide bonds. The van der Waals surface area contributed by atoms with Crippen molar-refractivity contribution in [2.75, 3.05) is 12.4 Å². The number of fused-ring (bicyclic) bond motifs is 1. The van der Waals surface area contributed by atoms with Gasteiger partial charge in [0.2, 0.25) is 5.23 Å². The third-order valence-electron chi connectivity index (χ3n) is 3.04. The first-order valence-electron chi connectivity index (χ1n) is 6.17. The summed E-state index contributed by atoms with van der Waals surface area (Å²) < 4.78 is 10.9. The lowest BCUT2D eigenvalue weighted by atomic mass is 9.99. The first-order chi connectivity index (χ1) is 8.67. The summed E-state index contributed by atoms with van der Waals surface area (Å²) in [6.07, 6.45) is -2.20. The SMILES string of the molecule is CCCCSC1=N[C@H]2O[C@H](CO)[C@@H](O)[C@H](O)[C@H]2O1. The van der Waals surface area contributed by atoms with Crippen molar-refractivity contribution >= 4 is 17.0 Å². The second-order valence-corrected chi connectivity index (χ2v) is 5.45. The molecule has 2 heterocycles. The molecule has 18 heavy (non-hydrogen) atoms. The van der Waals surface area contributed by atoms with Gasteiger partial charge in [0, 0.05) is 5.75 Å². The van der Waals surface area contributed by atoms with Crippen LogP contribution in [-0.4, -0.2) is 63.6 Å². The Labute approximate surface area is 110 Å². The van der Waals surface area contributed by atoms with Crippen molar-refractivity contribution in [2.45, 2.75) is 50.4 Å². The number of unbranched alkanes of at least 4 members (excludes halogenated alkanes) is 1. The Morgan fingerprint density at radius 1 is 1.33 bits per heavy atom. The van der Waals surface area contributed by atoms with Gasteiger partial charge in [-0.1, -0.05) is 25.1 Å². The molecule has 0 aromatic heterocycles. The largest absolute Gasteiger partial charge is 0.462 e. The molecule has 2 aliphatic heterocycles. The summed E-state index contributed by atoms with van der Waals surface area (Å²) in [6.45, 7) is 1.75. The molecule has 0 aliphatic carbocycles. The molecule has 2 rings (SSSR count). The average Bonchev–Trinajstić information content (AvgIpc) is 2.77. The summed E-state index contributed by atoms with van der Waals surface area (Å²) >= 11 is 1.48. The van der Waals surface area contributed by atoms with Crippen LogP contribution in [0.15, 0.2) is 4.99 Å². The Hall–Kier alpha value is -0.340. The minimum atomic E-state index is -1.15. The van der Waals surface area contributed by atoms with Crippen molar-refractivity contribution in [3.63, 3.8) is 0 Å². The molecule has 0 spiro atoms. The number of rotatable bonds is 4. The monoisotopic (exact) mass is 277 g/mol. The van der Waals surface area contributed by atoms with Crippen molar-refractivity contribution in [1.29, 1.82) is 0 Å². The molecule has 0 aromatic rings. The Morgan fingerprint density at radius 3 is 2.78 bits per heavy atom. The Balaban J connectivity index is 1.94. The molecule has 1 fully saturated rings. The molecule has 1 saturated heterocycles. The zero-order valence-electron chi connectivity index (χ0n) is 10.2. The van der Waals surface area contributed by atoms with E-state index in [0.717, 1.165) is 18.6 Å². The highest BCUT2D eigenvalue weighted by molar-refractivity contribution is 8.13. The smallest absolute Gasteiger partial charge is 0.249 e. The van der Waals surface area contributed by atoms with Gasteiger partial charge in [0.1, 0.15) is 18.3 Å². The maximum Gasteiger partial charge on any atom is 0.249 e. The zero-order chi connectivity index (χ0) is 13.1. The number of aliphatic hydroxyl groups excluding tert-OH is 3. The van der Waals surface area contributed by atoms with Gasteiger partial charge in [-0.2, -0.15) is 0 Å². The molecule has 0 unspecified atom stereocenters. The Bertz CT molecular complexity index is 314. The van der Waals surface area contributed by atoms with Crippen molar-refractivity contribution in [3.8, 4) is 0 Å². The van der Waals surface area contributed by atoms with E-state index in [-0.39, 0.29) is 6.61 Å². The van der Waals surface area contributed by atoms with Gasteiger partial charge in [-0.25, -0.2) is 4.99 Å². The number of aliphatic imine (C=N–C) groups is 1. The number of ether oxygens (including phenoxy) is 2. The first kappa shape index (κ1) is 14.1. The molecule has 0 saturated carbocycles. The molecule has 0 bridgehead atoms. The van der Waals surface area contributed by atoms with Gasteiger partial charge in [-0.05, 0) is 6.42 Å². The van der Waals surface area contributed by atoms with Crippen molar-refractivity contribution in [1.82, 2.24) is 0 Å². The predicted molar refractivity (Wildman–Crippen MR) is 67.4 cm³/mol. The number of hydrogen-bond donors (Lipinski definition) is 3. The number of thioether (sulfide) groups is 1. The van der Waals surface area contributed by atoms with E-state index in [4.69, 9.17) is 14.6 Å². The van der Waals surface area contributed by atoms with E-state index in [0.29, 0.717) is 5.23 Å². The average molecular weight is 277 g/mol. The summed E-state index contributed by atoms with van der Waals surface area (Å²) in [5.74, 6) is 0.900. The van der Waals surface area contributed by atoms with Gasteiger partial charge in [0.05, 0.1) is 6.61 Å². The summed E-state index contributed by atoms with van der Waals surface area (Å²) in [4.78, 5) is 4.22.